The molecule has 6 heteroatoms. The van der Waals surface area contributed by atoms with E-state index in [0.717, 1.165) is 22.0 Å². The zero-order valence-corrected chi connectivity index (χ0v) is 16.5. The van der Waals surface area contributed by atoms with Gasteiger partial charge in [-0.25, -0.2) is 4.79 Å². The summed E-state index contributed by atoms with van der Waals surface area (Å²) in [6.45, 7) is 2.44. The maximum Gasteiger partial charge on any atom is 0.328 e. The molecule has 6 nitrogen and oxygen atoms in total. The van der Waals surface area contributed by atoms with Crippen LogP contribution in [0.3, 0.4) is 0 Å². The van der Waals surface area contributed by atoms with E-state index in [1.807, 2.05) is 61.7 Å². The number of H-pyrrole nitrogens is 1. The van der Waals surface area contributed by atoms with Crippen LogP contribution in [0.4, 0.5) is 0 Å². The molecule has 2 aromatic carbocycles. The van der Waals surface area contributed by atoms with E-state index < -0.39 is 12.0 Å². The van der Waals surface area contributed by atoms with Crippen LogP contribution in [0.15, 0.2) is 60.8 Å². The van der Waals surface area contributed by atoms with Crippen molar-refractivity contribution in [2.75, 3.05) is 13.7 Å². The lowest BCUT2D eigenvalue weighted by molar-refractivity contribution is -0.144. The Morgan fingerprint density at radius 1 is 1.14 bits per heavy atom. The molecular weight excluding hydrogens is 368 g/mol. The molecular formula is C23H24N2O4. The van der Waals surface area contributed by atoms with Crippen LogP contribution in [0, 0.1) is 0 Å². The highest BCUT2D eigenvalue weighted by molar-refractivity contribution is 5.95. The van der Waals surface area contributed by atoms with Crippen LogP contribution in [0.5, 0.6) is 5.75 Å². The molecule has 29 heavy (non-hydrogen) atoms. The Morgan fingerprint density at radius 2 is 1.90 bits per heavy atom. The van der Waals surface area contributed by atoms with Gasteiger partial charge in [-0.1, -0.05) is 36.4 Å². The third kappa shape index (κ3) is 5.04. The number of amides is 1. The normalized spacial score (nSPS) is 12.1. The molecule has 2 N–H and O–H groups in total. The van der Waals surface area contributed by atoms with Crippen LogP contribution in [-0.4, -0.2) is 36.6 Å². The molecule has 0 aliphatic heterocycles. The number of hydrogen-bond acceptors (Lipinski definition) is 4. The van der Waals surface area contributed by atoms with Crippen LogP contribution >= 0.6 is 0 Å². The van der Waals surface area contributed by atoms with Crippen molar-refractivity contribution in [3.63, 3.8) is 0 Å². The lowest BCUT2D eigenvalue weighted by Crippen LogP contribution is -2.42. The number of ether oxygens (including phenoxy) is 2. The molecule has 0 saturated heterocycles. The summed E-state index contributed by atoms with van der Waals surface area (Å²) in [6.07, 6.45) is 5.23. The number of carbonyl (C=O) groups excluding carboxylic acids is 2. The lowest BCUT2D eigenvalue weighted by atomic mass is 10.0. The van der Waals surface area contributed by atoms with Crippen LogP contribution in [0.2, 0.25) is 0 Å². The summed E-state index contributed by atoms with van der Waals surface area (Å²) in [5.41, 5.74) is 2.70. The minimum absolute atomic E-state index is 0.325. The molecule has 0 bridgehead atoms. The van der Waals surface area contributed by atoms with Crippen molar-refractivity contribution in [3.8, 4) is 5.75 Å². The van der Waals surface area contributed by atoms with Gasteiger partial charge in [-0.2, -0.15) is 0 Å². The first-order valence-corrected chi connectivity index (χ1v) is 9.45. The SMILES string of the molecule is CCOc1ccccc1/C=C\C(=O)NC(Cc1c[nH]c2ccccc12)C(=O)OC. The van der Waals surface area contributed by atoms with Crippen LogP contribution in [-0.2, 0) is 20.7 Å². The van der Waals surface area contributed by atoms with E-state index in [-0.39, 0.29) is 5.91 Å². The van der Waals surface area contributed by atoms with Gasteiger partial charge in [0.1, 0.15) is 11.8 Å². The van der Waals surface area contributed by atoms with E-state index in [1.54, 1.807) is 6.08 Å². The number of hydrogen-bond donors (Lipinski definition) is 2. The van der Waals surface area contributed by atoms with E-state index in [2.05, 4.69) is 10.3 Å². The van der Waals surface area contributed by atoms with Gasteiger partial charge in [-0.3, -0.25) is 4.79 Å². The molecule has 0 spiro atoms. The monoisotopic (exact) mass is 392 g/mol. The van der Waals surface area contributed by atoms with Crippen LogP contribution < -0.4 is 10.1 Å². The molecule has 0 aliphatic rings. The Bertz CT molecular complexity index is 1020. The zero-order valence-electron chi connectivity index (χ0n) is 16.5. The maximum absolute atomic E-state index is 12.5. The van der Waals surface area contributed by atoms with Crippen molar-refractivity contribution in [2.45, 2.75) is 19.4 Å². The molecule has 1 unspecified atom stereocenters. The van der Waals surface area contributed by atoms with Crippen molar-refractivity contribution < 1.29 is 19.1 Å². The smallest absolute Gasteiger partial charge is 0.328 e. The summed E-state index contributed by atoms with van der Waals surface area (Å²) in [4.78, 5) is 27.9. The van der Waals surface area contributed by atoms with Crippen LogP contribution in [0.1, 0.15) is 18.1 Å². The quantitative estimate of drug-likeness (QED) is 0.454. The predicted octanol–water partition coefficient (Wildman–Crippen LogP) is 3.48. The summed E-state index contributed by atoms with van der Waals surface area (Å²) in [5.74, 6) is -0.180. The third-order valence-corrected chi connectivity index (χ3v) is 4.53. The van der Waals surface area contributed by atoms with E-state index in [0.29, 0.717) is 18.8 Å². The highest BCUT2D eigenvalue weighted by Crippen LogP contribution is 2.20. The van der Waals surface area contributed by atoms with Crippen LogP contribution in [0.25, 0.3) is 17.0 Å². The van der Waals surface area contributed by atoms with Gasteiger partial charge >= 0.3 is 5.97 Å². The van der Waals surface area contributed by atoms with Gasteiger partial charge in [0.15, 0.2) is 0 Å². The first kappa shape index (κ1) is 20.2. The second-order valence-corrected chi connectivity index (χ2v) is 6.45. The molecule has 1 aromatic heterocycles. The number of methoxy groups -OCH3 is 1. The molecule has 0 fully saturated rings. The molecule has 3 rings (SSSR count). The van der Waals surface area contributed by atoms with Crippen molar-refractivity contribution >= 4 is 28.9 Å². The summed E-state index contributed by atoms with van der Waals surface area (Å²) < 4.78 is 10.4. The number of benzene rings is 2. The molecule has 3 aromatic rings. The fraction of sp³-hybridized carbons (Fsp3) is 0.217. The highest BCUT2D eigenvalue weighted by Gasteiger charge is 2.22. The van der Waals surface area contributed by atoms with Gasteiger partial charge in [0.2, 0.25) is 5.91 Å². The minimum atomic E-state index is -0.793. The second-order valence-electron chi connectivity index (χ2n) is 6.45. The number of nitrogens with one attached hydrogen (secondary N) is 2. The standard InChI is InChI=1S/C23H24N2O4/c1-3-29-21-11-7-4-8-16(21)12-13-22(26)25-20(23(27)28-2)14-17-15-24-19-10-6-5-9-18(17)19/h4-13,15,20,24H,3,14H2,1-2H3,(H,25,26)/b13-12-. The van der Waals surface area contributed by atoms with Crippen molar-refractivity contribution in [1.82, 2.24) is 10.3 Å². The third-order valence-electron chi connectivity index (χ3n) is 4.53. The average molecular weight is 392 g/mol. The summed E-state index contributed by atoms with van der Waals surface area (Å²) in [6, 6.07) is 14.5. The van der Waals surface area contributed by atoms with Gasteiger partial charge in [-0.15, -0.1) is 0 Å². The Labute approximate surface area is 169 Å². The second kappa shape index (κ2) is 9.59. The van der Waals surface area contributed by atoms with E-state index in [4.69, 9.17) is 9.47 Å². The molecule has 0 aliphatic carbocycles. The summed E-state index contributed by atoms with van der Waals surface area (Å²) in [5, 5.41) is 3.75. The number of rotatable bonds is 8. The largest absolute Gasteiger partial charge is 0.493 e. The fourth-order valence-corrected chi connectivity index (χ4v) is 3.15. The summed E-state index contributed by atoms with van der Waals surface area (Å²) in [7, 11) is 1.31. The number of para-hydroxylation sites is 2. The minimum Gasteiger partial charge on any atom is -0.493 e. The first-order valence-electron chi connectivity index (χ1n) is 9.45. The van der Waals surface area contributed by atoms with Gasteiger partial charge in [0.25, 0.3) is 0 Å². The predicted molar refractivity (Wildman–Crippen MR) is 113 cm³/mol. The summed E-state index contributed by atoms with van der Waals surface area (Å²) >= 11 is 0. The topological polar surface area (TPSA) is 80.4 Å². The highest BCUT2D eigenvalue weighted by atomic mass is 16.5. The van der Waals surface area contributed by atoms with Crippen molar-refractivity contribution in [1.29, 1.82) is 0 Å². The number of esters is 1. The van der Waals surface area contributed by atoms with Gasteiger partial charge in [-0.05, 0) is 30.7 Å². The molecule has 150 valence electrons. The molecule has 0 radical (unpaired) electrons. The van der Waals surface area contributed by atoms with Gasteiger partial charge in [0.05, 0.1) is 13.7 Å². The Morgan fingerprint density at radius 3 is 2.69 bits per heavy atom. The first-order chi connectivity index (χ1) is 14.1. The Balaban J connectivity index is 1.73. The molecule has 1 amide bonds. The van der Waals surface area contributed by atoms with Gasteiger partial charge < -0.3 is 19.8 Å². The molecule has 0 saturated carbocycles. The average Bonchev–Trinajstić information content (AvgIpc) is 3.15. The van der Waals surface area contributed by atoms with Gasteiger partial charge in [0, 0.05) is 35.2 Å². The number of fused-ring (bicyclic) bond motifs is 1. The zero-order chi connectivity index (χ0) is 20.6. The molecule has 1 atom stereocenters. The van der Waals surface area contributed by atoms with E-state index in [9.17, 15) is 9.59 Å². The number of aromatic nitrogens is 1. The Hall–Kier alpha value is -3.54. The fourth-order valence-electron chi connectivity index (χ4n) is 3.15. The van der Waals surface area contributed by atoms with Crippen molar-refractivity contribution in [3.05, 3.63) is 71.9 Å². The number of aromatic amines is 1. The van der Waals surface area contributed by atoms with E-state index >= 15 is 0 Å². The number of carbonyl (C=O) groups is 2. The van der Waals surface area contributed by atoms with Crippen molar-refractivity contribution in [2.24, 2.45) is 0 Å². The maximum atomic E-state index is 12.5. The molecule has 1 heterocycles. The Kier molecular flexibility index (Phi) is 6.68. The van der Waals surface area contributed by atoms with E-state index in [1.165, 1.54) is 13.2 Å². The lowest BCUT2D eigenvalue weighted by Gasteiger charge is -2.15.